The molecular weight excluding hydrogens is 188 g/mol. The van der Waals surface area contributed by atoms with Gasteiger partial charge in [0.05, 0.1) is 6.04 Å². The molecular formula is C12H18N2O. The molecule has 0 spiro atoms. The zero-order chi connectivity index (χ0) is 10.7. The van der Waals surface area contributed by atoms with Crippen molar-refractivity contribution in [3.63, 3.8) is 0 Å². The summed E-state index contributed by atoms with van der Waals surface area (Å²) in [6.07, 6.45) is 0. The van der Waals surface area contributed by atoms with Crippen LogP contribution in [0.1, 0.15) is 11.6 Å². The second kappa shape index (κ2) is 4.64. The van der Waals surface area contributed by atoms with Gasteiger partial charge < -0.3 is 15.0 Å². The summed E-state index contributed by atoms with van der Waals surface area (Å²) in [7, 11) is 4.17. The number of hydrogen-bond acceptors (Lipinski definition) is 3. The molecule has 0 aromatic heterocycles. The maximum atomic E-state index is 5.59. The van der Waals surface area contributed by atoms with E-state index >= 15 is 0 Å². The average molecular weight is 206 g/mol. The lowest BCUT2D eigenvalue weighted by atomic mass is 10.1. The molecule has 0 aliphatic carbocycles. The van der Waals surface area contributed by atoms with Gasteiger partial charge in [0.25, 0.3) is 0 Å². The highest BCUT2D eigenvalue weighted by molar-refractivity contribution is 5.39. The van der Waals surface area contributed by atoms with Gasteiger partial charge in [-0.25, -0.2) is 0 Å². The van der Waals surface area contributed by atoms with Crippen LogP contribution in [0, 0.1) is 0 Å². The van der Waals surface area contributed by atoms with Gasteiger partial charge in [0, 0.05) is 18.7 Å². The van der Waals surface area contributed by atoms with Crippen molar-refractivity contribution in [1.82, 2.24) is 10.2 Å². The summed E-state index contributed by atoms with van der Waals surface area (Å²) >= 11 is 0. The van der Waals surface area contributed by atoms with E-state index in [1.165, 1.54) is 5.56 Å². The number of ether oxygens (including phenoxy) is 1. The molecule has 0 radical (unpaired) electrons. The van der Waals surface area contributed by atoms with E-state index in [-0.39, 0.29) is 0 Å². The lowest BCUT2D eigenvalue weighted by Gasteiger charge is -2.14. The Morgan fingerprint density at radius 3 is 3.00 bits per heavy atom. The van der Waals surface area contributed by atoms with E-state index in [4.69, 9.17) is 4.74 Å². The van der Waals surface area contributed by atoms with Gasteiger partial charge in [-0.05, 0) is 20.2 Å². The van der Waals surface area contributed by atoms with Crippen LogP contribution in [0.15, 0.2) is 24.3 Å². The quantitative estimate of drug-likeness (QED) is 0.803. The maximum Gasteiger partial charge on any atom is 0.124 e. The molecule has 1 aromatic rings. The van der Waals surface area contributed by atoms with Gasteiger partial charge in [-0.15, -0.1) is 0 Å². The first kappa shape index (κ1) is 10.5. The molecule has 0 saturated carbocycles. The van der Waals surface area contributed by atoms with E-state index in [1.807, 2.05) is 12.1 Å². The van der Waals surface area contributed by atoms with Crippen LogP contribution >= 0.6 is 0 Å². The Morgan fingerprint density at radius 2 is 2.20 bits per heavy atom. The molecule has 3 nitrogen and oxygen atoms in total. The average Bonchev–Trinajstić information content (AvgIpc) is 2.62. The van der Waals surface area contributed by atoms with E-state index in [0.29, 0.717) is 6.04 Å². The minimum absolute atomic E-state index is 0.362. The zero-order valence-corrected chi connectivity index (χ0v) is 9.36. The fourth-order valence-electron chi connectivity index (χ4n) is 1.79. The molecule has 3 heteroatoms. The minimum Gasteiger partial charge on any atom is -0.491 e. The molecule has 1 aliphatic rings. The van der Waals surface area contributed by atoms with Crippen molar-refractivity contribution in [2.75, 3.05) is 33.8 Å². The first-order chi connectivity index (χ1) is 7.27. The summed E-state index contributed by atoms with van der Waals surface area (Å²) in [5, 5.41) is 3.50. The largest absolute Gasteiger partial charge is 0.491 e. The van der Waals surface area contributed by atoms with E-state index in [2.05, 4.69) is 36.4 Å². The summed E-state index contributed by atoms with van der Waals surface area (Å²) in [5.74, 6) is 1.03. The maximum absolute atomic E-state index is 5.59. The lowest BCUT2D eigenvalue weighted by Crippen LogP contribution is -2.30. The first-order valence-electron chi connectivity index (χ1n) is 5.37. The first-order valence-corrected chi connectivity index (χ1v) is 5.37. The van der Waals surface area contributed by atoms with Crippen LogP contribution in [-0.2, 0) is 0 Å². The van der Waals surface area contributed by atoms with Crippen molar-refractivity contribution in [3.05, 3.63) is 29.8 Å². The van der Waals surface area contributed by atoms with Crippen molar-refractivity contribution in [3.8, 4) is 5.75 Å². The number of nitrogens with zero attached hydrogens (tertiary/aromatic N) is 1. The Labute approximate surface area is 91.0 Å². The Kier molecular flexibility index (Phi) is 3.23. The van der Waals surface area contributed by atoms with Gasteiger partial charge in [-0.2, -0.15) is 0 Å². The number of hydrogen-bond donors (Lipinski definition) is 1. The molecule has 0 unspecified atom stereocenters. The number of para-hydroxylation sites is 1. The molecule has 1 aromatic carbocycles. The standard InChI is InChI=1S/C12H18N2O/c1-14(2)8-7-13-11-9-15-12-6-4-3-5-10(11)12/h3-6,11,13H,7-9H2,1-2H3/t11-/m0/s1. The molecule has 1 aliphatic heterocycles. The monoisotopic (exact) mass is 206 g/mol. The van der Waals surface area contributed by atoms with E-state index in [1.54, 1.807) is 0 Å². The van der Waals surface area contributed by atoms with E-state index in [9.17, 15) is 0 Å². The fraction of sp³-hybridized carbons (Fsp3) is 0.500. The molecule has 2 rings (SSSR count). The number of benzene rings is 1. The third kappa shape index (κ3) is 2.49. The SMILES string of the molecule is CN(C)CCN[C@H]1COc2ccccc21. The molecule has 0 saturated heterocycles. The number of rotatable bonds is 4. The Bertz CT molecular complexity index is 325. The summed E-state index contributed by atoms with van der Waals surface area (Å²) in [4.78, 5) is 2.18. The van der Waals surface area contributed by atoms with Gasteiger partial charge in [0.2, 0.25) is 0 Å². The number of likely N-dealkylation sites (N-methyl/N-ethyl adjacent to an activating group) is 1. The summed E-state index contributed by atoms with van der Waals surface area (Å²) in [5.41, 5.74) is 1.29. The molecule has 1 atom stereocenters. The van der Waals surface area contributed by atoms with Crippen LogP contribution in [0.3, 0.4) is 0 Å². The summed E-state index contributed by atoms with van der Waals surface area (Å²) in [6, 6.07) is 8.61. The van der Waals surface area contributed by atoms with Crippen LogP contribution in [0.5, 0.6) is 5.75 Å². The van der Waals surface area contributed by atoms with Crippen molar-refractivity contribution in [2.45, 2.75) is 6.04 Å². The van der Waals surface area contributed by atoms with Crippen LogP contribution < -0.4 is 10.1 Å². The molecule has 0 bridgehead atoms. The predicted molar refractivity (Wildman–Crippen MR) is 61.2 cm³/mol. The van der Waals surface area contributed by atoms with Crippen molar-refractivity contribution in [2.24, 2.45) is 0 Å². The Balaban J connectivity index is 1.90. The molecule has 1 heterocycles. The van der Waals surface area contributed by atoms with Crippen molar-refractivity contribution >= 4 is 0 Å². The second-order valence-electron chi connectivity index (χ2n) is 4.16. The van der Waals surface area contributed by atoms with E-state index < -0.39 is 0 Å². The highest BCUT2D eigenvalue weighted by atomic mass is 16.5. The van der Waals surface area contributed by atoms with E-state index in [0.717, 1.165) is 25.4 Å². The topological polar surface area (TPSA) is 24.5 Å². The Morgan fingerprint density at radius 1 is 1.40 bits per heavy atom. The van der Waals surface area contributed by atoms with Gasteiger partial charge in [-0.1, -0.05) is 18.2 Å². The lowest BCUT2D eigenvalue weighted by molar-refractivity contribution is 0.303. The number of nitrogens with one attached hydrogen (secondary N) is 1. The minimum atomic E-state index is 0.362. The normalized spacial score (nSPS) is 19.0. The third-order valence-electron chi connectivity index (χ3n) is 2.65. The summed E-state index contributed by atoms with van der Waals surface area (Å²) < 4.78 is 5.59. The van der Waals surface area contributed by atoms with Crippen molar-refractivity contribution in [1.29, 1.82) is 0 Å². The molecule has 1 N–H and O–H groups in total. The molecule has 0 amide bonds. The van der Waals surface area contributed by atoms with Crippen LogP contribution in [-0.4, -0.2) is 38.7 Å². The van der Waals surface area contributed by atoms with Crippen LogP contribution in [0.2, 0.25) is 0 Å². The molecule has 15 heavy (non-hydrogen) atoms. The van der Waals surface area contributed by atoms with Crippen LogP contribution in [0.4, 0.5) is 0 Å². The smallest absolute Gasteiger partial charge is 0.124 e. The second-order valence-corrected chi connectivity index (χ2v) is 4.16. The van der Waals surface area contributed by atoms with Crippen LogP contribution in [0.25, 0.3) is 0 Å². The fourth-order valence-corrected chi connectivity index (χ4v) is 1.79. The highest BCUT2D eigenvalue weighted by Crippen LogP contribution is 2.31. The van der Waals surface area contributed by atoms with Crippen molar-refractivity contribution < 1.29 is 4.74 Å². The van der Waals surface area contributed by atoms with Gasteiger partial charge in [0.1, 0.15) is 12.4 Å². The number of fused-ring (bicyclic) bond motifs is 1. The summed E-state index contributed by atoms with van der Waals surface area (Å²) in [6.45, 7) is 2.81. The predicted octanol–water partition coefficient (Wildman–Crippen LogP) is 1.27. The Hall–Kier alpha value is -1.06. The van der Waals surface area contributed by atoms with Gasteiger partial charge in [-0.3, -0.25) is 0 Å². The zero-order valence-electron chi connectivity index (χ0n) is 9.36. The van der Waals surface area contributed by atoms with Gasteiger partial charge in [0.15, 0.2) is 0 Å². The molecule has 0 fully saturated rings. The highest BCUT2D eigenvalue weighted by Gasteiger charge is 2.22. The van der Waals surface area contributed by atoms with Gasteiger partial charge >= 0.3 is 0 Å². The molecule has 82 valence electrons. The third-order valence-corrected chi connectivity index (χ3v) is 2.65.